The highest BCUT2D eigenvalue weighted by molar-refractivity contribution is 6.06. The van der Waals surface area contributed by atoms with Crippen molar-refractivity contribution in [1.82, 2.24) is 9.78 Å². The number of aryl methyl sites for hydroxylation is 2. The number of rotatable bonds is 5. The van der Waals surface area contributed by atoms with Gasteiger partial charge in [0.05, 0.1) is 11.3 Å². The number of benzene rings is 1. The highest BCUT2D eigenvalue weighted by Gasteiger charge is 2.17. The van der Waals surface area contributed by atoms with Crippen LogP contribution in [0.25, 0.3) is 0 Å². The highest BCUT2D eigenvalue weighted by atomic mass is 16.2. The van der Waals surface area contributed by atoms with Gasteiger partial charge >= 0.3 is 0 Å². The van der Waals surface area contributed by atoms with Crippen LogP contribution in [0, 0.1) is 19.8 Å². The molecule has 0 saturated heterocycles. The third-order valence-electron chi connectivity index (χ3n) is 3.76. The van der Waals surface area contributed by atoms with E-state index in [-0.39, 0.29) is 11.8 Å². The van der Waals surface area contributed by atoms with E-state index in [9.17, 15) is 9.59 Å². The molecule has 2 rings (SSSR count). The Morgan fingerprint density at radius 2 is 1.62 bits per heavy atom. The predicted octanol–water partition coefficient (Wildman–Crippen LogP) is 3.27. The van der Waals surface area contributed by atoms with Crippen LogP contribution in [0.2, 0.25) is 0 Å². The first-order valence-corrected chi connectivity index (χ1v) is 7.99. The molecule has 0 spiro atoms. The third kappa shape index (κ3) is 4.22. The van der Waals surface area contributed by atoms with Crippen LogP contribution in [0.3, 0.4) is 0 Å². The summed E-state index contributed by atoms with van der Waals surface area (Å²) in [5, 5.41) is 9.96. The van der Waals surface area contributed by atoms with Crippen LogP contribution >= 0.6 is 0 Å². The Balaban J connectivity index is 2.03. The second-order valence-electron chi connectivity index (χ2n) is 6.35. The minimum absolute atomic E-state index is 0.0107. The van der Waals surface area contributed by atoms with E-state index in [2.05, 4.69) is 15.7 Å². The van der Waals surface area contributed by atoms with Crippen molar-refractivity contribution in [2.24, 2.45) is 13.0 Å². The molecule has 2 amide bonds. The molecule has 0 aliphatic heterocycles. The van der Waals surface area contributed by atoms with Crippen LogP contribution in [-0.4, -0.2) is 21.6 Å². The first kappa shape index (κ1) is 17.7. The molecule has 128 valence electrons. The molecular formula is C18H24N4O2. The number of carbonyl (C=O) groups excluding carboxylic acids is 2. The zero-order valence-electron chi connectivity index (χ0n) is 14.8. The van der Waals surface area contributed by atoms with Gasteiger partial charge in [-0.15, -0.1) is 0 Å². The first-order valence-electron chi connectivity index (χ1n) is 7.99. The van der Waals surface area contributed by atoms with E-state index in [0.29, 0.717) is 35.0 Å². The Morgan fingerprint density at radius 3 is 2.08 bits per heavy atom. The van der Waals surface area contributed by atoms with Crippen molar-refractivity contribution in [2.45, 2.75) is 34.1 Å². The number of hydrogen-bond donors (Lipinski definition) is 2. The van der Waals surface area contributed by atoms with Crippen molar-refractivity contribution in [1.29, 1.82) is 0 Å². The van der Waals surface area contributed by atoms with Gasteiger partial charge in [-0.2, -0.15) is 5.10 Å². The Kier molecular flexibility index (Phi) is 5.39. The Hall–Kier alpha value is -2.63. The maximum atomic E-state index is 12.4. The van der Waals surface area contributed by atoms with E-state index >= 15 is 0 Å². The number of nitrogens with one attached hydrogen (secondary N) is 2. The molecule has 1 aromatic heterocycles. The molecule has 24 heavy (non-hydrogen) atoms. The van der Waals surface area contributed by atoms with Crippen LogP contribution < -0.4 is 10.6 Å². The minimum atomic E-state index is -0.185. The molecule has 2 aromatic rings. The normalized spacial score (nSPS) is 10.8. The lowest BCUT2D eigenvalue weighted by Crippen LogP contribution is -2.15. The van der Waals surface area contributed by atoms with Crippen molar-refractivity contribution >= 4 is 23.2 Å². The van der Waals surface area contributed by atoms with E-state index < -0.39 is 0 Å². The van der Waals surface area contributed by atoms with Gasteiger partial charge in [0.15, 0.2) is 0 Å². The summed E-state index contributed by atoms with van der Waals surface area (Å²) in [6.45, 7) is 7.68. The van der Waals surface area contributed by atoms with Gasteiger partial charge in [-0.1, -0.05) is 13.8 Å². The molecule has 0 bridgehead atoms. The van der Waals surface area contributed by atoms with Crippen LogP contribution in [-0.2, 0) is 11.8 Å². The largest absolute Gasteiger partial charge is 0.326 e. The fourth-order valence-corrected chi connectivity index (χ4v) is 2.52. The summed E-state index contributed by atoms with van der Waals surface area (Å²) in [4.78, 5) is 24.2. The quantitative estimate of drug-likeness (QED) is 0.884. The fourth-order valence-electron chi connectivity index (χ4n) is 2.52. The maximum Gasteiger partial charge on any atom is 0.259 e. The summed E-state index contributed by atoms with van der Waals surface area (Å²) in [5.41, 5.74) is 3.50. The maximum absolute atomic E-state index is 12.4. The van der Waals surface area contributed by atoms with Crippen molar-refractivity contribution in [3.63, 3.8) is 0 Å². The van der Waals surface area contributed by atoms with Gasteiger partial charge in [0.25, 0.3) is 5.91 Å². The van der Waals surface area contributed by atoms with Crippen LogP contribution in [0.15, 0.2) is 24.3 Å². The summed E-state index contributed by atoms with van der Waals surface area (Å²) in [5.74, 6) is 0.118. The van der Waals surface area contributed by atoms with Crippen LogP contribution in [0.5, 0.6) is 0 Å². The van der Waals surface area contributed by atoms with E-state index in [4.69, 9.17) is 0 Å². The average Bonchev–Trinajstić information content (AvgIpc) is 2.73. The Bertz CT molecular complexity index is 745. The van der Waals surface area contributed by atoms with Crippen LogP contribution in [0.4, 0.5) is 11.4 Å². The van der Waals surface area contributed by atoms with Gasteiger partial charge in [-0.05, 0) is 44.0 Å². The monoisotopic (exact) mass is 328 g/mol. The summed E-state index contributed by atoms with van der Waals surface area (Å²) in [7, 11) is 1.81. The molecular weight excluding hydrogens is 304 g/mol. The molecule has 0 aliphatic rings. The van der Waals surface area contributed by atoms with E-state index in [1.807, 2.05) is 34.7 Å². The van der Waals surface area contributed by atoms with Gasteiger partial charge in [0.1, 0.15) is 0 Å². The van der Waals surface area contributed by atoms with Gasteiger partial charge < -0.3 is 10.6 Å². The molecule has 0 unspecified atom stereocenters. The van der Waals surface area contributed by atoms with Crippen molar-refractivity contribution in [2.75, 3.05) is 10.6 Å². The first-order chi connectivity index (χ1) is 11.3. The molecule has 0 saturated carbocycles. The predicted molar refractivity (Wildman–Crippen MR) is 95.2 cm³/mol. The zero-order chi connectivity index (χ0) is 17.9. The minimum Gasteiger partial charge on any atom is -0.326 e. The van der Waals surface area contributed by atoms with Crippen LogP contribution in [0.1, 0.15) is 42.0 Å². The van der Waals surface area contributed by atoms with Gasteiger partial charge in [-0.25, -0.2) is 0 Å². The number of aromatic nitrogens is 2. The van der Waals surface area contributed by atoms with E-state index in [1.165, 1.54) is 0 Å². The summed E-state index contributed by atoms with van der Waals surface area (Å²) in [6.07, 6.45) is 0.484. The Labute approximate surface area is 142 Å². The molecule has 6 nitrogen and oxygen atoms in total. The zero-order valence-corrected chi connectivity index (χ0v) is 14.8. The second kappa shape index (κ2) is 7.29. The van der Waals surface area contributed by atoms with Gasteiger partial charge in [-0.3, -0.25) is 14.3 Å². The Morgan fingerprint density at radius 1 is 1.08 bits per heavy atom. The number of carbonyl (C=O) groups is 2. The summed E-state index contributed by atoms with van der Waals surface area (Å²) in [6, 6.07) is 7.08. The lowest BCUT2D eigenvalue weighted by Gasteiger charge is -2.09. The molecule has 6 heteroatoms. The molecule has 1 aromatic carbocycles. The van der Waals surface area contributed by atoms with Gasteiger partial charge in [0.2, 0.25) is 5.91 Å². The standard InChI is InChI=1S/C18H24N4O2/c1-11(2)10-16(23)19-14-6-8-15(9-7-14)20-18(24)17-12(3)21-22(5)13(17)4/h6-9,11H,10H2,1-5H3,(H,19,23)(H,20,24). The smallest absolute Gasteiger partial charge is 0.259 e. The van der Waals surface area contributed by atoms with Gasteiger partial charge in [0, 0.05) is 30.5 Å². The van der Waals surface area contributed by atoms with Crippen molar-refractivity contribution in [3.8, 4) is 0 Å². The molecule has 0 fully saturated rings. The molecule has 0 aliphatic carbocycles. The van der Waals surface area contributed by atoms with Crippen molar-refractivity contribution < 1.29 is 9.59 Å². The van der Waals surface area contributed by atoms with Crippen molar-refractivity contribution in [3.05, 3.63) is 41.2 Å². The number of nitrogens with zero attached hydrogens (tertiary/aromatic N) is 2. The average molecular weight is 328 g/mol. The summed E-state index contributed by atoms with van der Waals surface area (Å²) >= 11 is 0. The molecule has 1 heterocycles. The lowest BCUT2D eigenvalue weighted by molar-refractivity contribution is -0.116. The third-order valence-corrected chi connectivity index (χ3v) is 3.76. The van der Waals surface area contributed by atoms with E-state index in [0.717, 1.165) is 5.69 Å². The SMILES string of the molecule is Cc1nn(C)c(C)c1C(=O)Nc1ccc(NC(=O)CC(C)C)cc1. The molecule has 0 atom stereocenters. The fraction of sp³-hybridized carbons (Fsp3) is 0.389. The number of hydrogen-bond acceptors (Lipinski definition) is 3. The number of anilines is 2. The highest BCUT2D eigenvalue weighted by Crippen LogP contribution is 2.18. The topological polar surface area (TPSA) is 76.0 Å². The molecule has 0 radical (unpaired) electrons. The molecule has 2 N–H and O–H groups in total. The summed E-state index contributed by atoms with van der Waals surface area (Å²) < 4.78 is 1.69. The number of amides is 2. The second-order valence-corrected chi connectivity index (χ2v) is 6.35. The van der Waals surface area contributed by atoms with E-state index in [1.54, 1.807) is 28.9 Å². The lowest BCUT2D eigenvalue weighted by atomic mass is 10.1.